The van der Waals surface area contributed by atoms with Crippen LogP contribution in [0.1, 0.15) is 25.5 Å². The number of piperazine rings is 1. The molecule has 0 saturated carbocycles. The molecule has 0 spiro atoms. The molecule has 0 aliphatic carbocycles. The van der Waals surface area contributed by atoms with Crippen LogP contribution in [-0.2, 0) is 0 Å². The zero-order chi connectivity index (χ0) is 13.2. The molecule has 1 atom stereocenters. The van der Waals surface area contributed by atoms with E-state index in [1.54, 1.807) is 0 Å². The van der Waals surface area contributed by atoms with Crippen molar-refractivity contribution in [3.8, 4) is 0 Å². The molecule has 19 heavy (non-hydrogen) atoms. The molecule has 110 valence electrons. The molecule has 1 aliphatic heterocycles. The summed E-state index contributed by atoms with van der Waals surface area (Å²) in [6, 6.07) is 11.2. The van der Waals surface area contributed by atoms with E-state index in [0.717, 1.165) is 32.7 Å². The Kier molecular flexibility index (Phi) is 10.9. The first kappa shape index (κ1) is 18.4. The van der Waals surface area contributed by atoms with Crippen LogP contribution in [0.25, 0.3) is 0 Å². The Bertz CT molecular complexity index is 304. The normalized spacial score (nSPS) is 19.0. The van der Waals surface area contributed by atoms with Gasteiger partial charge in [0.05, 0.1) is 0 Å². The molecular weight excluding hydrogens is 258 g/mol. The maximum atomic E-state index is 3.52. The van der Waals surface area contributed by atoms with Crippen LogP contribution in [0.4, 0.5) is 0 Å². The standard InChI is InChI=1S/C11H16N2.C4H11N.ClH/c1-13-8-7-12-11(9-13)10-5-3-2-4-6-10;1-3-5-4-2;/h2-6,11-12H,7-9H2,1H3;5H,3-4H2,1-2H3;1H. The van der Waals surface area contributed by atoms with Gasteiger partial charge in [-0.05, 0) is 25.7 Å². The number of hydrogen-bond donors (Lipinski definition) is 2. The van der Waals surface area contributed by atoms with Gasteiger partial charge in [0, 0.05) is 25.7 Å². The van der Waals surface area contributed by atoms with E-state index in [0.29, 0.717) is 6.04 Å². The molecule has 1 aliphatic rings. The van der Waals surface area contributed by atoms with Crippen molar-refractivity contribution in [1.29, 1.82) is 0 Å². The first-order valence-corrected chi connectivity index (χ1v) is 6.95. The highest BCUT2D eigenvalue weighted by atomic mass is 35.5. The summed E-state index contributed by atoms with van der Waals surface area (Å²) in [5.74, 6) is 0. The molecule has 2 N–H and O–H groups in total. The topological polar surface area (TPSA) is 27.3 Å². The summed E-state index contributed by atoms with van der Waals surface area (Å²) in [5, 5.41) is 6.64. The quantitative estimate of drug-likeness (QED) is 0.892. The van der Waals surface area contributed by atoms with Gasteiger partial charge < -0.3 is 15.5 Å². The van der Waals surface area contributed by atoms with Crippen LogP contribution in [0.5, 0.6) is 0 Å². The Balaban J connectivity index is 0.000000471. The second-order valence-electron chi connectivity index (χ2n) is 4.64. The van der Waals surface area contributed by atoms with Crippen molar-refractivity contribution < 1.29 is 0 Å². The van der Waals surface area contributed by atoms with Crippen LogP contribution in [-0.4, -0.2) is 44.7 Å². The lowest BCUT2D eigenvalue weighted by Gasteiger charge is -2.31. The van der Waals surface area contributed by atoms with E-state index in [2.05, 4.69) is 66.8 Å². The predicted octanol–water partition coefficient (Wildman–Crippen LogP) is 2.30. The summed E-state index contributed by atoms with van der Waals surface area (Å²) in [4.78, 5) is 2.37. The van der Waals surface area contributed by atoms with Gasteiger partial charge >= 0.3 is 0 Å². The number of benzene rings is 1. The average Bonchev–Trinajstić information content (AvgIpc) is 2.41. The third-order valence-corrected chi connectivity index (χ3v) is 3.08. The lowest BCUT2D eigenvalue weighted by molar-refractivity contribution is 0.241. The van der Waals surface area contributed by atoms with Gasteiger partial charge in [-0.3, -0.25) is 0 Å². The number of rotatable bonds is 3. The molecular formula is C15H28ClN3. The van der Waals surface area contributed by atoms with Crippen molar-refractivity contribution in [2.24, 2.45) is 0 Å². The summed E-state index contributed by atoms with van der Waals surface area (Å²) in [7, 11) is 2.18. The lowest BCUT2D eigenvalue weighted by atomic mass is 10.1. The van der Waals surface area contributed by atoms with E-state index < -0.39 is 0 Å². The van der Waals surface area contributed by atoms with Gasteiger partial charge in [0.25, 0.3) is 0 Å². The fraction of sp³-hybridized carbons (Fsp3) is 0.600. The highest BCUT2D eigenvalue weighted by molar-refractivity contribution is 5.85. The van der Waals surface area contributed by atoms with E-state index in [1.165, 1.54) is 5.56 Å². The number of hydrogen-bond acceptors (Lipinski definition) is 3. The maximum Gasteiger partial charge on any atom is 0.0449 e. The Labute approximate surface area is 124 Å². The largest absolute Gasteiger partial charge is 0.317 e. The first-order valence-electron chi connectivity index (χ1n) is 6.95. The van der Waals surface area contributed by atoms with Gasteiger partial charge in [-0.15, -0.1) is 12.4 Å². The summed E-state index contributed by atoms with van der Waals surface area (Å²) in [5.41, 5.74) is 1.40. The monoisotopic (exact) mass is 285 g/mol. The van der Waals surface area contributed by atoms with Crippen molar-refractivity contribution in [3.05, 3.63) is 35.9 Å². The average molecular weight is 286 g/mol. The minimum Gasteiger partial charge on any atom is -0.317 e. The molecule has 1 aromatic rings. The highest BCUT2D eigenvalue weighted by Gasteiger charge is 2.16. The molecule has 4 heteroatoms. The van der Waals surface area contributed by atoms with Gasteiger partial charge in [0.1, 0.15) is 0 Å². The smallest absolute Gasteiger partial charge is 0.0449 e. The highest BCUT2D eigenvalue weighted by Crippen LogP contribution is 2.15. The van der Waals surface area contributed by atoms with Crippen LogP contribution < -0.4 is 10.6 Å². The van der Waals surface area contributed by atoms with Crippen molar-refractivity contribution in [2.75, 3.05) is 39.8 Å². The number of likely N-dealkylation sites (N-methyl/N-ethyl adjacent to an activating group) is 1. The molecule has 1 unspecified atom stereocenters. The minimum atomic E-state index is 0. The summed E-state index contributed by atoms with van der Waals surface area (Å²) < 4.78 is 0. The fourth-order valence-corrected chi connectivity index (χ4v) is 2.06. The van der Waals surface area contributed by atoms with Crippen LogP contribution in [0.3, 0.4) is 0 Å². The van der Waals surface area contributed by atoms with Gasteiger partial charge in [-0.25, -0.2) is 0 Å². The van der Waals surface area contributed by atoms with E-state index in [-0.39, 0.29) is 12.4 Å². The zero-order valence-corrected chi connectivity index (χ0v) is 13.2. The third-order valence-electron chi connectivity index (χ3n) is 3.08. The lowest BCUT2D eigenvalue weighted by Crippen LogP contribution is -2.43. The first-order chi connectivity index (χ1) is 8.77. The molecule has 0 aromatic heterocycles. The van der Waals surface area contributed by atoms with E-state index in [1.807, 2.05) is 0 Å². The molecule has 1 heterocycles. The van der Waals surface area contributed by atoms with Gasteiger partial charge in [-0.1, -0.05) is 44.2 Å². The van der Waals surface area contributed by atoms with Crippen LogP contribution in [0.15, 0.2) is 30.3 Å². The van der Waals surface area contributed by atoms with Crippen molar-refractivity contribution in [3.63, 3.8) is 0 Å². The van der Waals surface area contributed by atoms with Gasteiger partial charge in [0.15, 0.2) is 0 Å². The summed E-state index contributed by atoms with van der Waals surface area (Å²) in [6.07, 6.45) is 0. The van der Waals surface area contributed by atoms with Crippen molar-refractivity contribution in [1.82, 2.24) is 15.5 Å². The summed E-state index contributed by atoms with van der Waals surface area (Å²) in [6.45, 7) is 9.75. The molecule has 1 fully saturated rings. The van der Waals surface area contributed by atoms with E-state index in [9.17, 15) is 0 Å². The van der Waals surface area contributed by atoms with Crippen molar-refractivity contribution >= 4 is 12.4 Å². The Morgan fingerprint density at radius 3 is 2.32 bits per heavy atom. The molecule has 1 aromatic carbocycles. The summed E-state index contributed by atoms with van der Waals surface area (Å²) >= 11 is 0. The van der Waals surface area contributed by atoms with Crippen LogP contribution in [0, 0.1) is 0 Å². The zero-order valence-electron chi connectivity index (χ0n) is 12.4. The second kappa shape index (κ2) is 11.2. The van der Waals surface area contributed by atoms with Crippen LogP contribution in [0.2, 0.25) is 0 Å². The molecule has 2 rings (SSSR count). The number of nitrogens with zero attached hydrogens (tertiary/aromatic N) is 1. The molecule has 1 saturated heterocycles. The number of halogens is 1. The van der Waals surface area contributed by atoms with Gasteiger partial charge in [-0.2, -0.15) is 0 Å². The van der Waals surface area contributed by atoms with Gasteiger partial charge in [0.2, 0.25) is 0 Å². The Hall–Kier alpha value is -0.610. The Morgan fingerprint density at radius 2 is 1.84 bits per heavy atom. The minimum absolute atomic E-state index is 0. The maximum absolute atomic E-state index is 3.52. The second-order valence-corrected chi connectivity index (χ2v) is 4.64. The Morgan fingerprint density at radius 1 is 1.21 bits per heavy atom. The van der Waals surface area contributed by atoms with Crippen LogP contribution >= 0.6 is 12.4 Å². The van der Waals surface area contributed by atoms with E-state index in [4.69, 9.17) is 0 Å². The SMILES string of the molecule is CCNCC.CN1CCNC(c2ccccc2)C1.Cl. The number of nitrogens with one attached hydrogen (secondary N) is 2. The molecule has 0 bridgehead atoms. The molecule has 0 amide bonds. The van der Waals surface area contributed by atoms with E-state index >= 15 is 0 Å². The third kappa shape index (κ3) is 7.53. The molecule has 0 radical (unpaired) electrons. The fourth-order valence-electron chi connectivity index (χ4n) is 2.06. The molecule has 3 nitrogen and oxygen atoms in total. The predicted molar refractivity (Wildman–Crippen MR) is 86.1 cm³/mol. The van der Waals surface area contributed by atoms with Crippen molar-refractivity contribution in [2.45, 2.75) is 19.9 Å².